The third kappa shape index (κ3) is 2.16. The molecule has 0 aromatic carbocycles. The lowest BCUT2D eigenvalue weighted by atomic mass is 9.46. The van der Waals surface area contributed by atoms with Crippen molar-refractivity contribution in [2.24, 2.45) is 34.5 Å². The van der Waals surface area contributed by atoms with E-state index in [1.165, 1.54) is 0 Å². The summed E-state index contributed by atoms with van der Waals surface area (Å²) in [4.78, 5) is 37.8. The zero-order valence-electron chi connectivity index (χ0n) is 16.2. The lowest BCUT2D eigenvalue weighted by Gasteiger charge is -2.56. The van der Waals surface area contributed by atoms with Gasteiger partial charge < -0.3 is 10.2 Å². The number of aliphatic hydroxyl groups is 2. The Morgan fingerprint density at radius 1 is 1.30 bits per heavy atom. The molecule has 3 saturated carbocycles. The summed E-state index contributed by atoms with van der Waals surface area (Å²) in [6.45, 7) is 5.05. The fraction of sp³-hybridized carbons (Fsp3) is 0.682. The number of fused-ring (bicyclic) bond motifs is 5. The zero-order chi connectivity index (χ0) is 19.8. The fourth-order valence-corrected chi connectivity index (χ4v) is 7.08. The highest BCUT2D eigenvalue weighted by molar-refractivity contribution is 6.02. The van der Waals surface area contributed by atoms with Crippen molar-refractivity contribution in [3.05, 3.63) is 23.8 Å². The van der Waals surface area contributed by atoms with Crippen molar-refractivity contribution in [2.45, 2.75) is 52.1 Å². The minimum Gasteiger partial charge on any atom is -0.388 e. The third-order valence-corrected chi connectivity index (χ3v) is 8.41. The minimum atomic E-state index is -1.66. The van der Waals surface area contributed by atoms with E-state index in [0.717, 1.165) is 18.4 Å². The van der Waals surface area contributed by atoms with Crippen molar-refractivity contribution in [3.63, 3.8) is 0 Å². The van der Waals surface area contributed by atoms with E-state index in [9.17, 15) is 24.6 Å². The molecule has 5 nitrogen and oxygen atoms in total. The van der Waals surface area contributed by atoms with Gasteiger partial charge in [-0.1, -0.05) is 32.4 Å². The molecule has 4 aliphatic rings. The predicted molar refractivity (Wildman–Crippen MR) is 98.6 cm³/mol. The van der Waals surface area contributed by atoms with Gasteiger partial charge in [0.05, 0.1) is 0 Å². The monoisotopic (exact) mass is 372 g/mol. The fourth-order valence-electron chi connectivity index (χ4n) is 7.08. The molecule has 0 radical (unpaired) electrons. The Kier molecular flexibility index (Phi) is 3.97. The van der Waals surface area contributed by atoms with Crippen LogP contribution in [-0.2, 0) is 14.4 Å². The number of Topliss-reactive ketones (excluding diaryl/α,β-unsaturated/α-hetero) is 2. The molecule has 4 aliphatic carbocycles. The summed E-state index contributed by atoms with van der Waals surface area (Å²) in [6.07, 6.45) is 7.49. The van der Waals surface area contributed by atoms with Gasteiger partial charge in [-0.2, -0.15) is 0 Å². The van der Waals surface area contributed by atoms with Crippen LogP contribution in [0.1, 0.15) is 46.5 Å². The summed E-state index contributed by atoms with van der Waals surface area (Å²) in [5.41, 5.74) is -1.94. The molecule has 0 unspecified atom stereocenters. The molecule has 0 saturated heterocycles. The molecule has 0 spiro atoms. The zero-order valence-corrected chi connectivity index (χ0v) is 16.2. The standard InChI is InChI=1S/C22H28O5/c1-12-8-16-15-5-4-13-9-14(24)6-7-20(13,2)19(15)17(25)10-21(16,3)22(12,27)18(26)11-23/h6-7,9,12,15-16,19,23,27H,4-5,8,10-11H2,1-3H3/t12-,15-,16-,19+,20+,21+,22-/m1/s1. The van der Waals surface area contributed by atoms with Gasteiger partial charge in [0.15, 0.2) is 11.6 Å². The van der Waals surface area contributed by atoms with Crippen LogP contribution in [0.3, 0.4) is 0 Å². The van der Waals surface area contributed by atoms with Crippen molar-refractivity contribution in [1.29, 1.82) is 0 Å². The van der Waals surface area contributed by atoms with E-state index in [4.69, 9.17) is 0 Å². The van der Waals surface area contributed by atoms with Crippen LogP contribution in [0.5, 0.6) is 0 Å². The number of rotatable bonds is 2. The van der Waals surface area contributed by atoms with Gasteiger partial charge in [0.2, 0.25) is 0 Å². The molecular formula is C22H28O5. The van der Waals surface area contributed by atoms with E-state index >= 15 is 0 Å². The van der Waals surface area contributed by atoms with Crippen molar-refractivity contribution in [1.82, 2.24) is 0 Å². The second-order valence-corrected chi connectivity index (χ2v) is 9.52. The van der Waals surface area contributed by atoms with Crippen molar-refractivity contribution < 1.29 is 24.6 Å². The second-order valence-electron chi connectivity index (χ2n) is 9.52. The minimum absolute atomic E-state index is 0.0218. The van der Waals surface area contributed by atoms with E-state index in [0.29, 0.717) is 6.42 Å². The highest BCUT2D eigenvalue weighted by Crippen LogP contribution is 2.67. The number of aliphatic hydroxyl groups excluding tert-OH is 1. The molecule has 146 valence electrons. The molecule has 7 atom stereocenters. The molecule has 0 aromatic heterocycles. The van der Waals surface area contributed by atoms with E-state index in [-0.39, 0.29) is 41.7 Å². The van der Waals surface area contributed by atoms with Gasteiger partial charge >= 0.3 is 0 Å². The molecule has 2 N–H and O–H groups in total. The van der Waals surface area contributed by atoms with E-state index in [1.807, 2.05) is 26.8 Å². The maximum Gasteiger partial charge on any atom is 0.190 e. The number of carbonyl (C=O) groups excluding carboxylic acids is 3. The average Bonchev–Trinajstić information content (AvgIpc) is 2.82. The van der Waals surface area contributed by atoms with Crippen LogP contribution in [0, 0.1) is 34.5 Å². The molecular weight excluding hydrogens is 344 g/mol. The lowest BCUT2D eigenvalue weighted by molar-refractivity contribution is -0.173. The van der Waals surface area contributed by atoms with Gasteiger partial charge in [0, 0.05) is 23.2 Å². The van der Waals surface area contributed by atoms with Crippen molar-refractivity contribution in [3.8, 4) is 0 Å². The maximum absolute atomic E-state index is 13.4. The first-order chi connectivity index (χ1) is 12.6. The Labute approximate surface area is 159 Å². The maximum atomic E-state index is 13.4. The molecule has 0 aliphatic heterocycles. The molecule has 3 fully saturated rings. The summed E-state index contributed by atoms with van der Waals surface area (Å²) in [5, 5.41) is 20.8. The number of carbonyl (C=O) groups is 3. The molecule has 4 rings (SSSR count). The number of ketones is 3. The summed E-state index contributed by atoms with van der Waals surface area (Å²) >= 11 is 0. The highest BCUT2D eigenvalue weighted by atomic mass is 16.3. The van der Waals surface area contributed by atoms with Crippen LogP contribution in [0.4, 0.5) is 0 Å². The summed E-state index contributed by atoms with van der Waals surface area (Å²) in [7, 11) is 0. The molecule has 0 amide bonds. The largest absolute Gasteiger partial charge is 0.388 e. The summed E-state index contributed by atoms with van der Waals surface area (Å²) < 4.78 is 0. The van der Waals surface area contributed by atoms with Gasteiger partial charge in [-0.3, -0.25) is 14.4 Å². The van der Waals surface area contributed by atoms with Crippen molar-refractivity contribution in [2.75, 3.05) is 6.61 Å². The van der Waals surface area contributed by atoms with Crippen LogP contribution in [-0.4, -0.2) is 39.8 Å². The van der Waals surface area contributed by atoms with Gasteiger partial charge in [0.25, 0.3) is 0 Å². The van der Waals surface area contributed by atoms with Gasteiger partial charge in [-0.05, 0) is 49.2 Å². The molecule has 27 heavy (non-hydrogen) atoms. The topological polar surface area (TPSA) is 91.7 Å². The summed E-state index contributed by atoms with van der Waals surface area (Å²) in [5.74, 6) is -0.947. The van der Waals surface area contributed by atoms with Crippen LogP contribution in [0.2, 0.25) is 0 Å². The predicted octanol–water partition coefficient (Wildman–Crippen LogP) is 2.01. The van der Waals surface area contributed by atoms with E-state index < -0.39 is 28.8 Å². The smallest absolute Gasteiger partial charge is 0.190 e. The molecule has 0 heterocycles. The normalized spacial score (nSPS) is 48.6. The number of allylic oxidation sites excluding steroid dienone is 4. The third-order valence-electron chi connectivity index (χ3n) is 8.41. The van der Waals surface area contributed by atoms with E-state index in [1.54, 1.807) is 12.2 Å². The highest BCUT2D eigenvalue weighted by Gasteiger charge is 2.70. The number of hydrogen-bond acceptors (Lipinski definition) is 5. The lowest BCUT2D eigenvalue weighted by Crippen LogP contribution is -2.61. The SMILES string of the molecule is C[C@@H]1C[C@@H]2[C@H]3CCC4=CC(=O)C=C[C@]4(C)[C@@H]3C(=O)C[C@]2(C)[C@]1(O)C(=O)CO. The molecule has 0 aromatic rings. The average molecular weight is 372 g/mol. The first-order valence-corrected chi connectivity index (χ1v) is 9.93. The quantitative estimate of drug-likeness (QED) is 0.774. The Morgan fingerprint density at radius 2 is 2.00 bits per heavy atom. The van der Waals surface area contributed by atoms with Gasteiger partial charge in [-0.25, -0.2) is 0 Å². The Balaban J connectivity index is 1.79. The Hall–Kier alpha value is -1.59. The van der Waals surface area contributed by atoms with Crippen LogP contribution in [0.25, 0.3) is 0 Å². The molecule has 0 bridgehead atoms. The first kappa shape index (κ1) is 18.8. The van der Waals surface area contributed by atoms with Crippen LogP contribution >= 0.6 is 0 Å². The van der Waals surface area contributed by atoms with Crippen LogP contribution in [0.15, 0.2) is 23.8 Å². The van der Waals surface area contributed by atoms with Crippen molar-refractivity contribution >= 4 is 17.3 Å². The molecule has 5 heteroatoms. The number of hydrogen-bond donors (Lipinski definition) is 2. The van der Waals surface area contributed by atoms with Gasteiger partial charge in [0.1, 0.15) is 18.0 Å². The van der Waals surface area contributed by atoms with Crippen LogP contribution < -0.4 is 0 Å². The Bertz CT molecular complexity index is 795. The van der Waals surface area contributed by atoms with Gasteiger partial charge in [-0.15, -0.1) is 0 Å². The Morgan fingerprint density at radius 3 is 2.67 bits per heavy atom. The second kappa shape index (κ2) is 5.71. The summed E-state index contributed by atoms with van der Waals surface area (Å²) in [6, 6.07) is 0. The van der Waals surface area contributed by atoms with E-state index in [2.05, 4.69) is 0 Å². The first-order valence-electron chi connectivity index (χ1n) is 9.93.